The van der Waals surface area contributed by atoms with E-state index >= 15 is 0 Å². The molecule has 4 heteroatoms. The number of carboxylic acid groups (broad SMARTS) is 1. The molecule has 0 saturated carbocycles. The van der Waals surface area contributed by atoms with Crippen molar-refractivity contribution in [2.24, 2.45) is 5.73 Å². The number of nitrogens with two attached hydrogens (primary N) is 1. The summed E-state index contributed by atoms with van der Waals surface area (Å²) in [5.74, 6) is 1.18. The van der Waals surface area contributed by atoms with Crippen molar-refractivity contribution in [3.8, 4) is 0 Å². The predicted molar refractivity (Wildman–Crippen MR) is 36.7 cm³/mol. The molecule has 0 aliphatic heterocycles. The molecular weight excluding hydrogens is 186 g/mol. The van der Waals surface area contributed by atoms with Gasteiger partial charge in [0.15, 0.2) is 0 Å². The molecule has 1 atom stereocenters. The van der Waals surface area contributed by atoms with Gasteiger partial charge in [-0.2, -0.15) is 0 Å². The number of carbonyl (C=O) groups is 1. The van der Waals surface area contributed by atoms with Crippen LogP contribution in [-0.2, 0) is 4.79 Å². The molecular formula is C5H11NO2Se. The van der Waals surface area contributed by atoms with E-state index in [1.807, 2.05) is 0 Å². The van der Waals surface area contributed by atoms with Gasteiger partial charge in [-0.3, -0.25) is 0 Å². The molecule has 0 aromatic carbocycles. The summed E-state index contributed by atoms with van der Waals surface area (Å²) in [6.45, 7) is 0. The Morgan fingerprint density at radius 1 is 1.89 bits per heavy atom. The number of rotatable bonds is 4. The quantitative estimate of drug-likeness (QED) is 0.491. The molecule has 0 fully saturated rings. The fraction of sp³-hybridized carbons (Fsp3) is 0.800. The second kappa shape index (κ2) is 4.79. The molecule has 0 heterocycles. The van der Waals surface area contributed by atoms with Gasteiger partial charge in [0, 0.05) is 0 Å². The van der Waals surface area contributed by atoms with Crippen LogP contribution in [0.1, 0.15) is 6.42 Å². The fourth-order valence-electron chi connectivity index (χ4n) is 0.368. The molecule has 3 N–H and O–H groups in total. The van der Waals surface area contributed by atoms with Crippen molar-refractivity contribution >= 4 is 20.9 Å². The van der Waals surface area contributed by atoms with Gasteiger partial charge in [0.1, 0.15) is 0 Å². The molecule has 0 saturated heterocycles. The van der Waals surface area contributed by atoms with Crippen molar-refractivity contribution in [1.82, 2.24) is 0 Å². The number of aliphatic carboxylic acids is 1. The van der Waals surface area contributed by atoms with E-state index in [1.54, 1.807) is 0 Å². The Balaban J connectivity index is 3.27. The minimum atomic E-state index is -0.890. The van der Waals surface area contributed by atoms with E-state index in [4.69, 9.17) is 10.8 Å². The van der Waals surface area contributed by atoms with E-state index in [2.05, 4.69) is 5.82 Å². The molecule has 0 spiro atoms. The first-order chi connectivity index (χ1) is 4.18. The van der Waals surface area contributed by atoms with E-state index in [9.17, 15) is 4.79 Å². The van der Waals surface area contributed by atoms with E-state index in [0.29, 0.717) is 21.4 Å². The van der Waals surface area contributed by atoms with Crippen LogP contribution >= 0.6 is 0 Å². The summed E-state index contributed by atoms with van der Waals surface area (Å²) >= 11 is 0.549. The number of hydrogen-bond acceptors (Lipinski definition) is 2. The molecule has 54 valence electrons. The molecule has 9 heavy (non-hydrogen) atoms. The van der Waals surface area contributed by atoms with Crippen molar-refractivity contribution in [1.29, 1.82) is 0 Å². The molecule has 0 radical (unpaired) electrons. The molecule has 0 rings (SSSR count). The van der Waals surface area contributed by atoms with Gasteiger partial charge < -0.3 is 0 Å². The van der Waals surface area contributed by atoms with Crippen LogP contribution in [0.25, 0.3) is 0 Å². The average Bonchev–Trinajstić information content (AvgIpc) is 1.82. The second-order valence-corrected chi connectivity index (χ2v) is 3.79. The van der Waals surface area contributed by atoms with Crippen LogP contribution in [0.15, 0.2) is 0 Å². The van der Waals surface area contributed by atoms with Crippen LogP contribution in [0.4, 0.5) is 0 Å². The predicted octanol–water partition coefficient (Wildman–Crippen LogP) is -0.0410. The van der Waals surface area contributed by atoms with Crippen molar-refractivity contribution in [3.05, 3.63) is 0 Å². The summed E-state index contributed by atoms with van der Waals surface area (Å²) in [5.41, 5.74) is 5.21. The summed E-state index contributed by atoms with van der Waals surface area (Å²) < 4.78 is 0. The summed E-state index contributed by atoms with van der Waals surface area (Å²) in [7, 11) is 0. The molecule has 0 aromatic rings. The van der Waals surface area contributed by atoms with Crippen molar-refractivity contribution in [3.63, 3.8) is 0 Å². The van der Waals surface area contributed by atoms with Gasteiger partial charge in [0.2, 0.25) is 0 Å². The Hall–Kier alpha value is -0.0505. The molecule has 0 aromatic heterocycles. The van der Waals surface area contributed by atoms with Crippen LogP contribution < -0.4 is 5.73 Å². The molecule has 0 amide bonds. The van der Waals surface area contributed by atoms with Gasteiger partial charge in [-0.1, -0.05) is 0 Å². The summed E-state index contributed by atoms with van der Waals surface area (Å²) in [6, 6.07) is -0.646. The van der Waals surface area contributed by atoms with Crippen LogP contribution in [-0.4, -0.2) is 32.1 Å². The van der Waals surface area contributed by atoms with Crippen LogP contribution in [0.3, 0.4) is 0 Å². The first-order valence-corrected chi connectivity index (χ1v) is 5.58. The standard InChI is InChI=1S/C5H11NO2Se/c1-9-3-2-4(6)5(7)8/h4H,2-3,6H2,1H3,(H,7,8)/t4-/m0/s1/i1+1. The Bertz CT molecular complexity index is 97.0. The third kappa shape index (κ3) is 4.45. The third-order valence-corrected chi connectivity index (χ3v) is 2.30. The van der Waals surface area contributed by atoms with Gasteiger partial charge in [-0.15, -0.1) is 0 Å². The monoisotopic (exact) mass is 198 g/mol. The van der Waals surface area contributed by atoms with Crippen molar-refractivity contribution < 1.29 is 9.90 Å². The Labute approximate surface area is 60.8 Å². The van der Waals surface area contributed by atoms with Crippen LogP contribution in [0.2, 0.25) is 11.1 Å². The summed E-state index contributed by atoms with van der Waals surface area (Å²) in [6.07, 6.45) is 0.617. The molecule has 0 bridgehead atoms. The zero-order valence-corrected chi connectivity index (χ0v) is 7.05. The Morgan fingerprint density at radius 2 is 2.44 bits per heavy atom. The maximum atomic E-state index is 10.1. The third-order valence-electron chi connectivity index (χ3n) is 0.950. The Kier molecular flexibility index (Phi) is 4.77. The van der Waals surface area contributed by atoms with E-state index in [-0.39, 0.29) is 0 Å². The van der Waals surface area contributed by atoms with Gasteiger partial charge in [-0.05, 0) is 0 Å². The maximum absolute atomic E-state index is 10.1. The molecule has 0 aliphatic carbocycles. The van der Waals surface area contributed by atoms with Crippen LogP contribution in [0.5, 0.6) is 0 Å². The molecule has 0 aliphatic rings. The first-order valence-electron chi connectivity index (χ1n) is 2.65. The zero-order valence-electron chi connectivity index (χ0n) is 5.33. The van der Waals surface area contributed by atoms with E-state index in [1.165, 1.54) is 0 Å². The topological polar surface area (TPSA) is 63.3 Å². The van der Waals surface area contributed by atoms with Crippen molar-refractivity contribution in [2.75, 3.05) is 0 Å². The average molecular weight is 197 g/mol. The zero-order chi connectivity index (χ0) is 7.28. The molecule has 0 unspecified atom stereocenters. The molecule has 3 nitrogen and oxygen atoms in total. The van der Waals surface area contributed by atoms with Gasteiger partial charge in [-0.25, -0.2) is 0 Å². The van der Waals surface area contributed by atoms with Gasteiger partial charge in [0.05, 0.1) is 0 Å². The first kappa shape index (κ1) is 8.95. The summed E-state index contributed by atoms with van der Waals surface area (Å²) in [5, 5.41) is 9.25. The number of hydrogen-bond donors (Lipinski definition) is 2. The van der Waals surface area contributed by atoms with E-state index in [0.717, 1.165) is 5.32 Å². The van der Waals surface area contributed by atoms with Crippen molar-refractivity contribution in [2.45, 2.75) is 23.6 Å². The second-order valence-electron chi connectivity index (χ2n) is 1.73. The van der Waals surface area contributed by atoms with Crippen LogP contribution in [0, 0.1) is 0 Å². The number of carboxylic acids is 1. The Morgan fingerprint density at radius 3 is 2.78 bits per heavy atom. The van der Waals surface area contributed by atoms with Gasteiger partial charge >= 0.3 is 60.2 Å². The van der Waals surface area contributed by atoms with Gasteiger partial charge in [0.25, 0.3) is 0 Å². The van der Waals surface area contributed by atoms with E-state index < -0.39 is 12.0 Å². The minimum absolute atomic E-state index is 0.549. The summed E-state index contributed by atoms with van der Waals surface area (Å²) in [4.78, 5) is 10.1. The normalized spacial score (nSPS) is 13.1. The SMILES string of the molecule is [13CH3][Se]CC[C@H](N)C(=O)O. The fourth-order valence-corrected chi connectivity index (χ4v) is 1.40.